The van der Waals surface area contributed by atoms with Crippen molar-refractivity contribution < 1.29 is 19.1 Å². The van der Waals surface area contributed by atoms with Crippen LogP contribution in [0.15, 0.2) is 24.3 Å². The fourth-order valence-corrected chi connectivity index (χ4v) is 3.34. The molecular formula is C16H20FNO3S. The van der Waals surface area contributed by atoms with E-state index in [-0.39, 0.29) is 18.1 Å². The van der Waals surface area contributed by atoms with Crippen molar-refractivity contribution in [3.63, 3.8) is 0 Å². The molecule has 0 radical (unpaired) electrons. The van der Waals surface area contributed by atoms with Gasteiger partial charge in [0, 0.05) is 24.5 Å². The summed E-state index contributed by atoms with van der Waals surface area (Å²) in [5.74, 6) is -0.0780. The molecule has 1 aromatic rings. The lowest BCUT2D eigenvalue weighted by Crippen LogP contribution is -2.42. The van der Waals surface area contributed by atoms with E-state index in [0.29, 0.717) is 36.5 Å². The number of rotatable bonds is 8. The first-order valence-electron chi connectivity index (χ1n) is 7.35. The van der Waals surface area contributed by atoms with Crippen LogP contribution in [-0.4, -0.2) is 29.3 Å². The number of amides is 1. The van der Waals surface area contributed by atoms with E-state index in [2.05, 4.69) is 5.32 Å². The Morgan fingerprint density at radius 1 is 1.32 bits per heavy atom. The summed E-state index contributed by atoms with van der Waals surface area (Å²) in [6, 6.07) is 6.63. The number of carboxylic acid groups (broad SMARTS) is 1. The number of nitrogens with one attached hydrogen (secondary N) is 1. The first-order valence-corrected chi connectivity index (χ1v) is 8.50. The van der Waals surface area contributed by atoms with Crippen molar-refractivity contribution in [2.24, 2.45) is 5.41 Å². The Morgan fingerprint density at radius 3 is 2.64 bits per heavy atom. The zero-order chi connectivity index (χ0) is 16.0. The number of carboxylic acids is 1. The average Bonchev–Trinajstić information content (AvgIpc) is 2.44. The third-order valence-electron chi connectivity index (χ3n) is 4.05. The van der Waals surface area contributed by atoms with Gasteiger partial charge in [-0.05, 0) is 24.5 Å². The van der Waals surface area contributed by atoms with Crippen molar-refractivity contribution in [1.29, 1.82) is 0 Å². The molecular weight excluding hydrogens is 305 g/mol. The van der Waals surface area contributed by atoms with E-state index in [0.717, 1.165) is 6.42 Å². The minimum absolute atomic E-state index is 0.0559. The summed E-state index contributed by atoms with van der Waals surface area (Å²) in [6.45, 7) is 0.466. The second-order valence-electron chi connectivity index (χ2n) is 5.61. The van der Waals surface area contributed by atoms with Gasteiger partial charge in [0.2, 0.25) is 5.91 Å². The summed E-state index contributed by atoms with van der Waals surface area (Å²) in [7, 11) is 0. The number of carbonyl (C=O) groups excluding carboxylic acids is 1. The molecule has 0 spiro atoms. The normalized spacial score (nSPS) is 15.9. The van der Waals surface area contributed by atoms with Gasteiger partial charge in [-0.2, -0.15) is 11.8 Å². The van der Waals surface area contributed by atoms with E-state index in [4.69, 9.17) is 0 Å². The topological polar surface area (TPSA) is 66.4 Å². The number of hydrogen-bond acceptors (Lipinski definition) is 3. The second-order valence-corrected chi connectivity index (χ2v) is 6.71. The Balaban J connectivity index is 1.63. The SMILES string of the molecule is O=C(CC1(C(=O)O)CCC1)NCCSCc1ccccc1F. The molecule has 1 aliphatic rings. The third kappa shape index (κ3) is 4.22. The number of halogens is 1. The van der Waals surface area contributed by atoms with Gasteiger partial charge in [-0.25, -0.2) is 4.39 Å². The standard InChI is InChI=1S/C16H20FNO3S/c17-13-5-2-1-4-12(13)11-22-9-8-18-14(19)10-16(15(20)21)6-3-7-16/h1-2,4-5H,3,6-11H2,(H,18,19)(H,20,21). The lowest BCUT2D eigenvalue weighted by Gasteiger charge is -2.36. The highest BCUT2D eigenvalue weighted by Gasteiger charge is 2.45. The molecule has 0 bridgehead atoms. The van der Waals surface area contributed by atoms with Crippen LogP contribution in [0, 0.1) is 11.2 Å². The van der Waals surface area contributed by atoms with E-state index < -0.39 is 11.4 Å². The number of thioether (sulfide) groups is 1. The lowest BCUT2D eigenvalue weighted by atomic mass is 9.66. The lowest BCUT2D eigenvalue weighted by molar-refractivity contribution is -0.157. The van der Waals surface area contributed by atoms with E-state index in [1.54, 1.807) is 18.2 Å². The number of carbonyl (C=O) groups is 2. The van der Waals surface area contributed by atoms with Crippen LogP contribution in [0.4, 0.5) is 4.39 Å². The predicted molar refractivity (Wildman–Crippen MR) is 84.1 cm³/mol. The van der Waals surface area contributed by atoms with E-state index in [9.17, 15) is 19.1 Å². The maximum atomic E-state index is 13.4. The van der Waals surface area contributed by atoms with Gasteiger partial charge in [-0.1, -0.05) is 24.6 Å². The molecule has 0 heterocycles. The quantitative estimate of drug-likeness (QED) is 0.721. The van der Waals surface area contributed by atoms with Gasteiger partial charge >= 0.3 is 5.97 Å². The Labute approximate surface area is 133 Å². The highest BCUT2D eigenvalue weighted by molar-refractivity contribution is 7.98. The second kappa shape index (κ2) is 7.63. The Kier molecular flexibility index (Phi) is 5.83. The molecule has 0 aliphatic heterocycles. The van der Waals surface area contributed by atoms with Crippen LogP contribution in [0.25, 0.3) is 0 Å². The molecule has 1 amide bonds. The molecule has 0 atom stereocenters. The number of aliphatic carboxylic acids is 1. The molecule has 22 heavy (non-hydrogen) atoms. The van der Waals surface area contributed by atoms with Crippen molar-refractivity contribution in [3.8, 4) is 0 Å². The Bertz CT molecular complexity index is 546. The van der Waals surface area contributed by atoms with Gasteiger partial charge in [0.1, 0.15) is 5.82 Å². The van der Waals surface area contributed by atoms with Crippen LogP contribution in [0.2, 0.25) is 0 Å². The Morgan fingerprint density at radius 2 is 2.05 bits per heavy atom. The minimum atomic E-state index is -0.872. The van der Waals surface area contributed by atoms with Crippen molar-refractivity contribution in [2.75, 3.05) is 12.3 Å². The molecule has 4 nitrogen and oxygen atoms in total. The monoisotopic (exact) mass is 325 g/mol. The predicted octanol–water partition coefficient (Wildman–Crippen LogP) is 2.82. The molecule has 0 saturated heterocycles. The molecule has 0 aromatic heterocycles. The number of benzene rings is 1. The van der Waals surface area contributed by atoms with E-state index in [1.165, 1.54) is 17.8 Å². The first kappa shape index (κ1) is 16.8. The fraction of sp³-hybridized carbons (Fsp3) is 0.500. The zero-order valence-corrected chi connectivity index (χ0v) is 13.1. The van der Waals surface area contributed by atoms with Crippen molar-refractivity contribution in [2.45, 2.75) is 31.4 Å². The molecule has 1 saturated carbocycles. The van der Waals surface area contributed by atoms with Crippen molar-refractivity contribution in [1.82, 2.24) is 5.32 Å². The van der Waals surface area contributed by atoms with Gasteiger partial charge in [0.15, 0.2) is 0 Å². The van der Waals surface area contributed by atoms with Gasteiger partial charge in [0.05, 0.1) is 5.41 Å². The fourth-order valence-electron chi connectivity index (χ4n) is 2.50. The van der Waals surface area contributed by atoms with Crippen LogP contribution < -0.4 is 5.32 Å². The average molecular weight is 325 g/mol. The van der Waals surface area contributed by atoms with Gasteiger partial charge in [0.25, 0.3) is 0 Å². The van der Waals surface area contributed by atoms with E-state index >= 15 is 0 Å². The molecule has 1 aromatic carbocycles. The van der Waals surface area contributed by atoms with Crippen LogP contribution >= 0.6 is 11.8 Å². The maximum absolute atomic E-state index is 13.4. The first-order chi connectivity index (χ1) is 10.5. The van der Waals surface area contributed by atoms with Crippen LogP contribution in [-0.2, 0) is 15.3 Å². The summed E-state index contributed by atoms with van der Waals surface area (Å²) in [4.78, 5) is 23.0. The van der Waals surface area contributed by atoms with Gasteiger partial charge in [-0.3, -0.25) is 9.59 Å². The summed E-state index contributed by atoms with van der Waals surface area (Å²) < 4.78 is 13.4. The highest BCUT2D eigenvalue weighted by Crippen LogP contribution is 2.44. The smallest absolute Gasteiger partial charge is 0.310 e. The zero-order valence-electron chi connectivity index (χ0n) is 12.3. The third-order valence-corrected chi connectivity index (χ3v) is 5.06. The molecule has 2 N–H and O–H groups in total. The molecule has 0 unspecified atom stereocenters. The highest BCUT2D eigenvalue weighted by atomic mass is 32.2. The molecule has 1 fully saturated rings. The van der Waals surface area contributed by atoms with E-state index in [1.807, 2.05) is 0 Å². The summed E-state index contributed by atoms with van der Waals surface area (Å²) in [6.07, 6.45) is 2.09. The summed E-state index contributed by atoms with van der Waals surface area (Å²) in [5.41, 5.74) is -0.192. The molecule has 6 heteroatoms. The minimum Gasteiger partial charge on any atom is -0.481 e. The largest absolute Gasteiger partial charge is 0.481 e. The van der Waals surface area contributed by atoms with Gasteiger partial charge in [-0.15, -0.1) is 0 Å². The Hall–Kier alpha value is -1.56. The molecule has 120 valence electrons. The van der Waals surface area contributed by atoms with Crippen molar-refractivity contribution in [3.05, 3.63) is 35.6 Å². The van der Waals surface area contributed by atoms with Crippen LogP contribution in [0.1, 0.15) is 31.2 Å². The van der Waals surface area contributed by atoms with Gasteiger partial charge < -0.3 is 10.4 Å². The summed E-state index contributed by atoms with van der Waals surface area (Å²) in [5, 5.41) is 11.9. The summed E-state index contributed by atoms with van der Waals surface area (Å²) >= 11 is 1.54. The van der Waals surface area contributed by atoms with Crippen LogP contribution in [0.3, 0.4) is 0 Å². The maximum Gasteiger partial charge on any atom is 0.310 e. The molecule has 2 rings (SSSR count). The van der Waals surface area contributed by atoms with Crippen molar-refractivity contribution >= 4 is 23.6 Å². The van der Waals surface area contributed by atoms with Crippen LogP contribution in [0.5, 0.6) is 0 Å². The molecule has 1 aliphatic carbocycles. The number of hydrogen-bond donors (Lipinski definition) is 2.